The monoisotopic (exact) mass is 345 g/mol. The molecule has 25 heavy (non-hydrogen) atoms. The van der Waals surface area contributed by atoms with Gasteiger partial charge >= 0.3 is 6.03 Å². The number of benzene rings is 1. The highest BCUT2D eigenvalue weighted by Gasteiger charge is 2.31. The molecular formula is C19H27N3O3. The van der Waals surface area contributed by atoms with Crippen LogP contribution in [0.15, 0.2) is 24.3 Å². The first-order valence-corrected chi connectivity index (χ1v) is 9.23. The fraction of sp³-hybridized carbons (Fsp3) is 0.579. The second kappa shape index (κ2) is 8.23. The number of carbonyl (C=O) groups excluding carboxylic acids is 2. The zero-order chi connectivity index (χ0) is 17.6. The SMILES string of the molecule is O=C(NCCc1cccc(O)c1)N1CCC(C(=O)N2CCCC2)CC1. The van der Waals surface area contributed by atoms with Crippen molar-refractivity contribution in [2.45, 2.75) is 32.1 Å². The van der Waals surface area contributed by atoms with E-state index in [1.165, 1.54) is 0 Å². The Bertz CT molecular complexity index is 606. The number of aromatic hydroxyl groups is 1. The minimum absolute atomic E-state index is 0.0628. The van der Waals surface area contributed by atoms with Crippen molar-refractivity contribution < 1.29 is 14.7 Å². The lowest BCUT2D eigenvalue weighted by Crippen LogP contribution is -2.47. The van der Waals surface area contributed by atoms with Crippen LogP contribution in [0.1, 0.15) is 31.2 Å². The Morgan fingerprint density at radius 2 is 1.80 bits per heavy atom. The van der Waals surface area contributed by atoms with Crippen LogP contribution in [0, 0.1) is 5.92 Å². The van der Waals surface area contributed by atoms with Gasteiger partial charge < -0.3 is 20.2 Å². The molecule has 3 amide bonds. The van der Waals surface area contributed by atoms with Gasteiger partial charge in [0.1, 0.15) is 5.75 Å². The van der Waals surface area contributed by atoms with Crippen LogP contribution in [0.25, 0.3) is 0 Å². The molecule has 0 spiro atoms. The van der Waals surface area contributed by atoms with Crippen LogP contribution in [0.3, 0.4) is 0 Å². The Kier molecular flexibility index (Phi) is 5.79. The summed E-state index contributed by atoms with van der Waals surface area (Å²) in [6.07, 6.45) is 4.44. The predicted molar refractivity (Wildman–Crippen MR) is 95.3 cm³/mol. The lowest BCUT2D eigenvalue weighted by atomic mass is 9.95. The Hall–Kier alpha value is -2.24. The highest BCUT2D eigenvalue weighted by molar-refractivity contribution is 5.80. The molecule has 2 N–H and O–H groups in total. The molecule has 0 aromatic heterocycles. The van der Waals surface area contributed by atoms with Crippen LogP contribution < -0.4 is 5.32 Å². The smallest absolute Gasteiger partial charge is 0.317 e. The van der Waals surface area contributed by atoms with Crippen molar-refractivity contribution >= 4 is 11.9 Å². The first-order valence-electron chi connectivity index (χ1n) is 9.23. The first-order chi connectivity index (χ1) is 12.1. The summed E-state index contributed by atoms with van der Waals surface area (Å²) in [5, 5.41) is 12.4. The zero-order valence-electron chi connectivity index (χ0n) is 14.6. The summed E-state index contributed by atoms with van der Waals surface area (Å²) in [5.41, 5.74) is 0.996. The minimum Gasteiger partial charge on any atom is -0.508 e. The van der Waals surface area contributed by atoms with Crippen molar-refractivity contribution in [2.24, 2.45) is 5.92 Å². The van der Waals surface area contributed by atoms with Gasteiger partial charge in [0.2, 0.25) is 5.91 Å². The number of phenols is 1. The standard InChI is InChI=1S/C19H27N3O3/c23-17-5-3-4-15(14-17)6-9-20-19(25)22-12-7-16(8-13-22)18(24)21-10-1-2-11-21/h3-5,14,16,23H,1-2,6-13H2,(H,20,25). The molecule has 6 nitrogen and oxygen atoms in total. The molecule has 3 rings (SSSR count). The molecule has 0 saturated carbocycles. The van der Waals surface area contributed by atoms with E-state index in [9.17, 15) is 14.7 Å². The minimum atomic E-state index is -0.0628. The summed E-state index contributed by atoms with van der Waals surface area (Å²) in [5.74, 6) is 0.601. The largest absolute Gasteiger partial charge is 0.508 e. The van der Waals surface area contributed by atoms with Gasteiger partial charge in [-0.05, 0) is 49.8 Å². The molecule has 0 atom stereocenters. The average Bonchev–Trinajstić information content (AvgIpc) is 3.16. The van der Waals surface area contributed by atoms with Crippen molar-refractivity contribution in [3.05, 3.63) is 29.8 Å². The van der Waals surface area contributed by atoms with Crippen LogP contribution in [-0.2, 0) is 11.2 Å². The molecule has 2 heterocycles. The predicted octanol–water partition coefficient (Wildman–Crippen LogP) is 1.98. The van der Waals surface area contributed by atoms with E-state index in [1.54, 1.807) is 23.1 Å². The number of carbonyl (C=O) groups is 2. The highest BCUT2D eigenvalue weighted by atomic mass is 16.3. The molecule has 1 aromatic rings. The lowest BCUT2D eigenvalue weighted by Gasteiger charge is -2.33. The number of nitrogens with zero attached hydrogens (tertiary/aromatic N) is 2. The molecule has 0 unspecified atom stereocenters. The third-order valence-electron chi connectivity index (χ3n) is 5.15. The third-order valence-corrected chi connectivity index (χ3v) is 5.15. The van der Waals surface area contributed by atoms with Crippen LogP contribution in [-0.4, -0.2) is 59.6 Å². The summed E-state index contributed by atoms with van der Waals surface area (Å²) < 4.78 is 0. The van der Waals surface area contributed by atoms with E-state index in [2.05, 4.69) is 5.32 Å². The fourth-order valence-electron chi connectivity index (χ4n) is 3.66. The molecule has 0 radical (unpaired) electrons. The summed E-state index contributed by atoms with van der Waals surface area (Å²) in [6.45, 7) is 3.61. The summed E-state index contributed by atoms with van der Waals surface area (Å²) in [6, 6.07) is 7.01. The highest BCUT2D eigenvalue weighted by Crippen LogP contribution is 2.22. The zero-order valence-corrected chi connectivity index (χ0v) is 14.6. The molecule has 2 saturated heterocycles. The summed E-state index contributed by atoms with van der Waals surface area (Å²) >= 11 is 0. The van der Waals surface area contributed by atoms with Gasteiger partial charge in [0.05, 0.1) is 0 Å². The van der Waals surface area contributed by atoms with Crippen molar-refractivity contribution in [2.75, 3.05) is 32.7 Å². The van der Waals surface area contributed by atoms with Gasteiger partial charge in [-0.25, -0.2) is 4.79 Å². The number of amides is 3. The Labute approximate surface area is 148 Å². The number of phenolic OH excluding ortho intramolecular Hbond substituents is 1. The molecule has 0 aliphatic carbocycles. The molecule has 2 fully saturated rings. The molecule has 6 heteroatoms. The van der Waals surface area contributed by atoms with Gasteiger partial charge in [-0.2, -0.15) is 0 Å². The normalized spacial score (nSPS) is 18.4. The van der Waals surface area contributed by atoms with Gasteiger partial charge in [0, 0.05) is 38.6 Å². The van der Waals surface area contributed by atoms with Crippen molar-refractivity contribution in [1.82, 2.24) is 15.1 Å². The average molecular weight is 345 g/mol. The number of hydrogen-bond acceptors (Lipinski definition) is 3. The third kappa shape index (κ3) is 4.65. The lowest BCUT2D eigenvalue weighted by molar-refractivity contribution is -0.135. The van der Waals surface area contributed by atoms with E-state index in [0.717, 1.165) is 44.3 Å². The number of likely N-dealkylation sites (tertiary alicyclic amines) is 2. The van der Waals surface area contributed by atoms with Crippen molar-refractivity contribution in [3.8, 4) is 5.75 Å². The van der Waals surface area contributed by atoms with E-state index >= 15 is 0 Å². The Balaban J connectivity index is 1.38. The molecule has 0 bridgehead atoms. The van der Waals surface area contributed by atoms with Gasteiger partial charge in [-0.1, -0.05) is 12.1 Å². The fourth-order valence-corrected chi connectivity index (χ4v) is 3.66. The van der Waals surface area contributed by atoms with E-state index < -0.39 is 0 Å². The quantitative estimate of drug-likeness (QED) is 0.876. The second-order valence-electron chi connectivity index (χ2n) is 6.95. The number of hydrogen-bond donors (Lipinski definition) is 2. The molecular weight excluding hydrogens is 318 g/mol. The molecule has 2 aliphatic rings. The van der Waals surface area contributed by atoms with Gasteiger partial charge in [0.15, 0.2) is 0 Å². The Morgan fingerprint density at radius 3 is 2.48 bits per heavy atom. The second-order valence-corrected chi connectivity index (χ2v) is 6.95. The maximum atomic E-state index is 12.4. The number of urea groups is 1. The van der Waals surface area contributed by atoms with E-state index in [1.807, 2.05) is 11.0 Å². The van der Waals surface area contributed by atoms with E-state index in [0.29, 0.717) is 26.1 Å². The van der Waals surface area contributed by atoms with Crippen LogP contribution in [0.2, 0.25) is 0 Å². The summed E-state index contributed by atoms with van der Waals surface area (Å²) in [7, 11) is 0. The molecule has 2 aliphatic heterocycles. The van der Waals surface area contributed by atoms with Gasteiger partial charge in [0.25, 0.3) is 0 Å². The van der Waals surface area contributed by atoms with E-state index in [-0.39, 0.29) is 23.6 Å². The van der Waals surface area contributed by atoms with Crippen LogP contribution in [0.5, 0.6) is 5.75 Å². The van der Waals surface area contributed by atoms with E-state index in [4.69, 9.17) is 0 Å². The van der Waals surface area contributed by atoms with Crippen LogP contribution >= 0.6 is 0 Å². The number of nitrogens with one attached hydrogen (secondary N) is 1. The van der Waals surface area contributed by atoms with Gasteiger partial charge in [-0.15, -0.1) is 0 Å². The maximum absolute atomic E-state index is 12.4. The number of piperidine rings is 1. The van der Waals surface area contributed by atoms with Gasteiger partial charge in [-0.3, -0.25) is 4.79 Å². The number of rotatable bonds is 4. The topological polar surface area (TPSA) is 72.9 Å². The molecule has 136 valence electrons. The first kappa shape index (κ1) is 17.6. The van der Waals surface area contributed by atoms with Crippen LogP contribution in [0.4, 0.5) is 4.79 Å². The molecule has 1 aromatic carbocycles. The summed E-state index contributed by atoms with van der Waals surface area (Å²) in [4.78, 5) is 28.5. The van der Waals surface area contributed by atoms with Crippen molar-refractivity contribution in [3.63, 3.8) is 0 Å². The Morgan fingerprint density at radius 1 is 1.08 bits per heavy atom. The van der Waals surface area contributed by atoms with Crippen molar-refractivity contribution in [1.29, 1.82) is 0 Å². The maximum Gasteiger partial charge on any atom is 0.317 e.